The van der Waals surface area contributed by atoms with Gasteiger partial charge in [-0.3, -0.25) is 4.79 Å². The second-order valence-electron chi connectivity index (χ2n) is 6.84. The Morgan fingerprint density at radius 1 is 1.04 bits per heavy atom. The lowest BCUT2D eigenvalue weighted by Gasteiger charge is -2.34. The summed E-state index contributed by atoms with van der Waals surface area (Å²) in [5, 5.41) is 0.467. The maximum atomic E-state index is 13.4. The van der Waals surface area contributed by atoms with Crippen LogP contribution in [0.15, 0.2) is 58.3 Å². The molecule has 0 atom stereocenters. The van der Waals surface area contributed by atoms with Gasteiger partial charge in [-0.25, -0.2) is 12.8 Å². The molecule has 2 aromatic carbocycles. The molecule has 3 rings (SSSR count). The summed E-state index contributed by atoms with van der Waals surface area (Å²) < 4.78 is 40.0. The number of benzene rings is 2. The molecule has 28 heavy (non-hydrogen) atoms. The van der Waals surface area contributed by atoms with Gasteiger partial charge in [-0.1, -0.05) is 19.9 Å². The highest BCUT2D eigenvalue weighted by atomic mass is 32.2. The van der Waals surface area contributed by atoms with Crippen molar-refractivity contribution in [1.29, 1.82) is 0 Å². The Labute approximate surface area is 169 Å². The summed E-state index contributed by atoms with van der Waals surface area (Å²) in [6, 6.07) is 12.5. The van der Waals surface area contributed by atoms with Crippen LogP contribution < -0.4 is 0 Å². The lowest BCUT2D eigenvalue weighted by atomic mass is 10.2. The normalized spacial score (nSPS) is 15.8. The van der Waals surface area contributed by atoms with Gasteiger partial charge in [-0.15, -0.1) is 11.8 Å². The number of nitrogens with zero attached hydrogens (tertiary/aromatic N) is 2. The van der Waals surface area contributed by atoms with E-state index in [2.05, 4.69) is 13.8 Å². The van der Waals surface area contributed by atoms with Crippen LogP contribution in [0.25, 0.3) is 0 Å². The van der Waals surface area contributed by atoms with E-state index in [4.69, 9.17) is 0 Å². The predicted octanol–water partition coefficient (Wildman–Crippen LogP) is 3.47. The molecule has 0 aromatic heterocycles. The molecule has 1 fully saturated rings. The van der Waals surface area contributed by atoms with Crippen molar-refractivity contribution in [3.63, 3.8) is 0 Å². The van der Waals surface area contributed by atoms with Crippen LogP contribution in [0.5, 0.6) is 0 Å². The molecule has 0 unspecified atom stereocenters. The molecule has 0 radical (unpaired) electrons. The minimum Gasteiger partial charge on any atom is -0.336 e. The van der Waals surface area contributed by atoms with E-state index in [1.54, 1.807) is 16.7 Å². The summed E-state index contributed by atoms with van der Waals surface area (Å²) in [6.07, 6.45) is 0. The highest BCUT2D eigenvalue weighted by Gasteiger charge is 2.30. The smallest absolute Gasteiger partial charge is 0.253 e. The zero-order valence-corrected chi connectivity index (χ0v) is 17.5. The quantitative estimate of drug-likeness (QED) is 0.693. The fraction of sp³-hybridized carbons (Fsp3) is 0.350. The van der Waals surface area contributed by atoms with Gasteiger partial charge >= 0.3 is 0 Å². The van der Waals surface area contributed by atoms with Gasteiger partial charge < -0.3 is 4.90 Å². The SMILES string of the molecule is CC(C)Sc1ccc(C(=O)N2CCN(S(=O)(=O)c3cccc(F)c3)CC2)cc1. The topological polar surface area (TPSA) is 57.7 Å². The number of hydrogen-bond acceptors (Lipinski definition) is 4. The highest BCUT2D eigenvalue weighted by Crippen LogP contribution is 2.24. The standard InChI is InChI=1S/C20H23FN2O3S2/c1-15(2)27-18-8-6-16(7-9-18)20(24)22-10-12-23(13-11-22)28(25,26)19-5-3-4-17(21)14-19/h3-9,14-15H,10-13H2,1-2H3. The number of piperazine rings is 1. The van der Waals surface area contributed by atoms with Crippen molar-refractivity contribution in [2.75, 3.05) is 26.2 Å². The average molecular weight is 423 g/mol. The van der Waals surface area contributed by atoms with Crippen molar-refractivity contribution in [3.05, 3.63) is 59.9 Å². The largest absolute Gasteiger partial charge is 0.336 e. The van der Waals surface area contributed by atoms with E-state index in [9.17, 15) is 17.6 Å². The summed E-state index contributed by atoms with van der Waals surface area (Å²) >= 11 is 1.73. The van der Waals surface area contributed by atoms with Crippen molar-refractivity contribution in [2.24, 2.45) is 0 Å². The van der Waals surface area contributed by atoms with E-state index in [1.165, 1.54) is 22.5 Å². The number of sulfonamides is 1. The molecule has 8 heteroatoms. The monoisotopic (exact) mass is 422 g/mol. The molecule has 5 nitrogen and oxygen atoms in total. The Morgan fingerprint density at radius 3 is 2.25 bits per heavy atom. The third kappa shape index (κ3) is 4.74. The lowest BCUT2D eigenvalue weighted by Crippen LogP contribution is -2.50. The summed E-state index contributed by atoms with van der Waals surface area (Å²) in [6.45, 7) is 5.20. The van der Waals surface area contributed by atoms with Gasteiger partial charge in [0.15, 0.2) is 0 Å². The molecular weight excluding hydrogens is 399 g/mol. The number of halogens is 1. The van der Waals surface area contributed by atoms with E-state index >= 15 is 0 Å². The van der Waals surface area contributed by atoms with E-state index in [0.29, 0.717) is 23.9 Å². The molecule has 0 saturated carbocycles. The molecule has 0 spiro atoms. The predicted molar refractivity (Wildman–Crippen MR) is 108 cm³/mol. The Morgan fingerprint density at radius 2 is 1.68 bits per heavy atom. The van der Waals surface area contributed by atoms with Gasteiger partial charge in [0.05, 0.1) is 4.90 Å². The summed E-state index contributed by atoms with van der Waals surface area (Å²) in [5.41, 5.74) is 0.592. The third-order valence-electron chi connectivity index (χ3n) is 4.43. The molecule has 1 aliphatic heterocycles. The number of amides is 1. The molecule has 1 aliphatic rings. The van der Waals surface area contributed by atoms with Crippen molar-refractivity contribution in [3.8, 4) is 0 Å². The Bertz CT molecular complexity index is 938. The minimum absolute atomic E-state index is 0.0643. The van der Waals surface area contributed by atoms with E-state index in [1.807, 2.05) is 24.3 Å². The first-order valence-corrected chi connectivity index (χ1v) is 11.4. The zero-order valence-electron chi connectivity index (χ0n) is 15.8. The van der Waals surface area contributed by atoms with Gasteiger partial charge in [0.25, 0.3) is 5.91 Å². The summed E-state index contributed by atoms with van der Waals surface area (Å²) in [7, 11) is -3.76. The second-order valence-corrected chi connectivity index (χ2v) is 10.4. The third-order valence-corrected chi connectivity index (χ3v) is 7.34. The summed E-state index contributed by atoms with van der Waals surface area (Å²) in [4.78, 5) is 15.4. The van der Waals surface area contributed by atoms with Crippen molar-refractivity contribution in [1.82, 2.24) is 9.21 Å². The first kappa shape index (κ1) is 20.8. The fourth-order valence-corrected chi connectivity index (χ4v) is 5.33. The molecule has 1 saturated heterocycles. The van der Waals surface area contributed by atoms with Crippen LogP contribution in [0, 0.1) is 5.82 Å². The Hall–Kier alpha value is -1.90. The zero-order chi connectivity index (χ0) is 20.3. The number of hydrogen-bond donors (Lipinski definition) is 0. The maximum absolute atomic E-state index is 13.4. The first-order chi connectivity index (χ1) is 13.3. The van der Waals surface area contributed by atoms with Crippen LogP contribution in [0.1, 0.15) is 24.2 Å². The molecule has 1 amide bonds. The minimum atomic E-state index is -3.76. The second kappa shape index (κ2) is 8.63. The van der Waals surface area contributed by atoms with Crippen LogP contribution >= 0.6 is 11.8 Å². The van der Waals surface area contributed by atoms with Crippen molar-refractivity contribution < 1.29 is 17.6 Å². The van der Waals surface area contributed by atoms with Crippen LogP contribution in [0.4, 0.5) is 4.39 Å². The van der Waals surface area contributed by atoms with E-state index in [0.717, 1.165) is 11.0 Å². The van der Waals surface area contributed by atoms with Gasteiger partial charge in [0, 0.05) is 41.9 Å². The molecule has 0 bridgehead atoms. The van der Waals surface area contributed by atoms with Crippen LogP contribution in [0.2, 0.25) is 0 Å². The number of rotatable bonds is 5. The van der Waals surface area contributed by atoms with E-state index in [-0.39, 0.29) is 23.9 Å². The maximum Gasteiger partial charge on any atom is 0.253 e. The molecular formula is C20H23FN2O3S2. The number of carbonyl (C=O) groups excluding carboxylic acids is 1. The molecule has 1 heterocycles. The lowest BCUT2D eigenvalue weighted by molar-refractivity contribution is 0.0698. The van der Waals surface area contributed by atoms with Gasteiger partial charge in [-0.2, -0.15) is 4.31 Å². The van der Waals surface area contributed by atoms with Crippen LogP contribution in [-0.2, 0) is 10.0 Å². The Balaban J connectivity index is 1.64. The highest BCUT2D eigenvalue weighted by molar-refractivity contribution is 7.99. The molecule has 0 N–H and O–H groups in total. The van der Waals surface area contributed by atoms with Gasteiger partial charge in [0.1, 0.15) is 5.82 Å². The molecule has 150 valence electrons. The fourth-order valence-electron chi connectivity index (χ4n) is 3.04. The van der Waals surface area contributed by atoms with Crippen molar-refractivity contribution >= 4 is 27.7 Å². The molecule has 2 aromatic rings. The average Bonchev–Trinajstić information content (AvgIpc) is 2.68. The molecule has 0 aliphatic carbocycles. The van der Waals surface area contributed by atoms with E-state index < -0.39 is 15.8 Å². The van der Waals surface area contributed by atoms with Crippen molar-refractivity contribution in [2.45, 2.75) is 28.9 Å². The van der Waals surface area contributed by atoms with Gasteiger partial charge in [0.2, 0.25) is 10.0 Å². The Kier molecular flexibility index (Phi) is 6.42. The first-order valence-electron chi connectivity index (χ1n) is 9.09. The van der Waals surface area contributed by atoms with Crippen LogP contribution in [0.3, 0.4) is 0 Å². The van der Waals surface area contributed by atoms with Crippen LogP contribution in [-0.4, -0.2) is 55.0 Å². The number of carbonyl (C=O) groups is 1. The summed E-state index contributed by atoms with van der Waals surface area (Å²) in [5.74, 6) is -0.696. The number of thioether (sulfide) groups is 1. The van der Waals surface area contributed by atoms with Gasteiger partial charge in [-0.05, 0) is 42.5 Å².